The van der Waals surface area contributed by atoms with Crippen LogP contribution in [0.5, 0.6) is 5.75 Å². The lowest BCUT2D eigenvalue weighted by molar-refractivity contribution is 0.0693. The quantitative estimate of drug-likeness (QED) is 0.317. The van der Waals surface area contributed by atoms with Crippen molar-refractivity contribution in [2.24, 2.45) is 0 Å². The first-order valence-electron chi connectivity index (χ1n) is 10.2. The van der Waals surface area contributed by atoms with Crippen LogP contribution in [0.1, 0.15) is 27.6 Å². The molecule has 0 radical (unpaired) electrons. The van der Waals surface area contributed by atoms with Gasteiger partial charge in [0.05, 0.1) is 6.10 Å². The Hall–Kier alpha value is -3.41. The summed E-state index contributed by atoms with van der Waals surface area (Å²) in [5, 5.41) is 22.8. The first-order valence-corrected chi connectivity index (χ1v) is 10.2. The summed E-state index contributed by atoms with van der Waals surface area (Å²) in [5.41, 5.74) is 4.09. The lowest BCUT2D eigenvalue weighted by Gasteiger charge is -2.12. The van der Waals surface area contributed by atoms with Crippen molar-refractivity contribution in [2.45, 2.75) is 12.5 Å². The van der Waals surface area contributed by atoms with E-state index in [-0.39, 0.29) is 12.2 Å². The number of carboxylic acid groups (broad SMARTS) is 1. The molecule has 0 saturated carbocycles. The molecule has 5 nitrogen and oxygen atoms in total. The highest BCUT2D eigenvalue weighted by Crippen LogP contribution is 2.28. The van der Waals surface area contributed by atoms with Gasteiger partial charge in [0.15, 0.2) is 0 Å². The number of aliphatic hydroxyl groups excluding tert-OH is 1. The summed E-state index contributed by atoms with van der Waals surface area (Å²) in [6.07, 6.45) is 1.91. The van der Waals surface area contributed by atoms with Crippen LogP contribution in [0.25, 0.3) is 11.1 Å². The van der Waals surface area contributed by atoms with Gasteiger partial charge in [-0.3, -0.25) is 0 Å². The van der Waals surface area contributed by atoms with Crippen molar-refractivity contribution in [1.82, 2.24) is 5.32 Å². The fourth-order valence-electron chi connectivity index (χ4n) is 3.28. The molecule has 0 aliphatic heterocycles. The molecule has 31 heavy (non-hydrogen) atoms. The van der Waals surface area contributed by atoms with Crippen LogP contribution in [-0.4, -0.2) is 35.9 Å². The molecule has 0 spiro atoms. The average molecular weight is 418 g/mol. The number of benzene rings is 3. The van der Waals surface area contributed by atoms with Gasteiger partial charge in [-0.1, -0.05) is 73.3 Å². The molecule has 0 amide bonds. The van der Waals surface area contributed by atoms with Crippen LogP contribution in [-0.2, 0) is 6.42 Å². The Balaban J connectivity index is 1.57. The van der Waals surface area contributed by atoms with E-state index in [0.29, 0.717) is 12.3 Å². The fourth-order valence-corrected chi connectivity index (χ4v) is 3.28. The van der Waals surface area contributed by atoms with Crippen LogP contribution >= 0.6 is 0 Å². The number of aromatic carboxylic acids is 1. The Labute approximate surface area is 182 Å². The number of ether oxygens (including phenoxy) is 1. The topological polar surface area (TPSA) is 78.8 Å². The van der Waals surface area contributed by atoms with Gasteiger partial charge in [-0.25, -0.2) is 4.79 Å². The molecule has 0 aliphatic carbocycles. The molecule has 0 saturated heterocycles. The molecule has 0 heterocycles. The summed E-state index contributed by atoms with van der Waals surface area (Å²) in [4.78, 5) is 11.4. The average Bonchev–Trinajstić information content (AvgIpc) is 2.81. The van der Waals surface area contributed by atoms with Crippen LogP contribution in [0.3, 0.4) is 0 Å². The summed E-state index contributed by atoms with van der Waals surface area (Å²) in [6, 6.07) is 22.8. The maximum Gasteiger partial charge on any atom is 0.339 e. The van der Waals surface area contributed by atoms with E-state index in [9.17, 15) is 15.0 Å². The Morgan fingerprint density at radius 2 is 1.74 bits per heavy atom. The van der Waals surface area contributed by atoms with E-state index in [2.05, 4.69) is 24.0 Å². The molecular weight excluding hydrogens is 390 g/mol. The second kappa shape index (κ2) is 11.1. The van der Waals surface area contributed by atoms with Gasteiger partial charge in [-0.2, -0.15) is 0 Å². The highest BCUT2D eigenvalue weighted by atomic mass is 16.5. The third kappa shape index (κ3) is 6.28. The molecule has 160 valence electrons. The number of hydrogen-bond donors (Lipinski definition) is 3. The molecule has 3 aromatic carbocycles. The van der Waals surface area contributed by atoms with Gasteiger partial charge in [0.25, 0.3) is 0 Å². The number of rotatable bonds is 11. The van der Waals surface area contributed by atoms with Gasteiger partial charge < -0.3 is 20.3 Å². The van der Waals surface area contributed by atoms with E-state index < -0.39 is 12.1 Å². The zero-order valence-electron chi connectivity index (χ0n) is 17.3. The molecule has 0 unspecified atom stereocenters. The van der Waals surface area contributed by atoms with E-state index in [1.807, 2.05) is 42.5 Å². The second-order valence-electron chi connectivity index (χ2n) is 7.19. The van der Waals surface area contributed by atoms with Crippen LogP contribution in [0.4, 0.5) is 0 Å². The number of carboxylic acids is 1. The maximum atomic E-state index is 11.4. The second-order valence-corrected chi connectivity index (χ2v) is 7.19. The van der Waals surface area contributed by atoms with Gasteiger partial charge in [0.2, 0.25) is 0 Å². The van der Waals surface area contributed by atoms with Crippen LogP contribution < -0.4 is 10.1 Å². The highest BCUT2D eigenvalue weighted by molar-refractivity contribution is 5.92. The standard InChI is InChI=1S/C26H27NO4/c1-2-16-31-25-17-22(12-13-23(25)26(29)30)20-10-8-19(9-11-20)14-15-27-18-24(28)21-6-4-3-5-7-21/h2-13,17,24,27-28H,1,14-16,18H2,(H,29,30)/t24-/m0/s1. The maximum absolute atomic E-state index is 11.4. The molecule has 3 rings (SSSR count). The van der Waals surface area contributed by atoms with Crippen molar-refractivity contribution in [3.05, 3.63) is 102 Å². The van der Waals surface area contributed by atoms with E-state index >= 15 is 0 Å². The summed E-state index contributed by atoms with van der Waals surface area (Å²) >= 11 is 0. The van der Waals surface area contributed by atoms with Crippen molar-refractivity contribution in [1.29, 1.82) is 0 Å². The largest absolute Gasteiger partial charge is 0.489 e. The number of nitrogens with one attached hydrogen (secondary N) is 1. The lowest BCUT2D eigenvalue weighted by Crippen LogP contribution is -2.23. The van der Waals surface area contributed by atoms with Gasteiger partial charge >= 0.3 is 5.97 Å². The van der Waals surface area contributed by atoms with E-state index in [4.69, 9.17) is 4.74 Å². The van der Waals surface area contributed by atoms with Crippen molar-refractivity contribution >= 4 is 5.97 Å². The SMILES string of the molecule is C=CCOc1cc(-c2ccc(CCNC[C@H](O)c3ccccc3)cc2)ccc1C(=O)O. The molecular formula is C26H27NO4. The molecule has 3 aromatic rings. The van der Waals surface area contributed by atoms with Crippen LogP contribution in [0.2, 0.25) is 0 Å². The monoisotopic (exact) mass is 417 g/mol. The first-order chi connectivity index (χ1) is 15.1. The first kappa shape index (κ1) is 22.3. The van der Waals surface area contributed by atoms with E-state index in [1.54, 1.807) is 24.3 Å². The Kier molecular flexibility index (Phi) is 7.98. The smallest absolute Gasteiger partial charge is 0.339 e. The van der Waals surface area contributed by atoms with Gasteiger partial charge in [-0.05, 0) is 47.4 Å². The van der Waals surface area contributed by atoms with Crippen molar-refractivity contribution in [3.63, 3.8) is 0 Å². The summed E-state index contributed by atoms with van der Waals surface area (Å²) in [7, 11) is 0. The number of hydrogen-bond acceptors (Lipinski definition) is 4. The molecule has 0 aromatic heterocycles. The number of carbonyl (C=O) groups is 1. The zero-order chi connectivity index (χ0) is 22.1. The molecule has 1 atom stereocenters. The molecule has 3 N–H and O–H groups in total. The third-order valence-electron chi connectivity index (χ3n) is 4.97. The van der Waals surface area contributed by atoms with Crippen molar-refractivity contribution in [2.75, 3.05) is 19.7 Å². The zero-order valence-corrected chi connectivity index (χ0v) is 17.3. The summed E-state index contributed by atoms with van der Waals surface area (Å²) in [6.45, 7) is 5.11. The minimum atomic E-state index is -1.02. The summed E-state index contributed by atoms with van der Waals surface area (Å²) in [5.74, 6) is -0.694. The Morgan fingerprint density at radius 1 is 1.03 bits per heavy atom. The molecule has 0 bridgehead atoms. The fraction of sp³-hybridized carbons (Fsp3) is 0.192. The Morgan fingerprint density at radius 3 is 2.42 bits per heavy atom. The minimum Gasteiger partial charge on any atom is -0.489 e. The molecule has 0 fully saturated rings. The van der Waals surface area contributed by atoms with Crippen LogP contribution in [0, 0.1) is 0 Å². The van der Waals surface area contributed by atoms with E-state index in [1.165, 1.54) is 5.56 Å². The molecule has 5 heteroatoms. The third-order valence-corrected chi connectivity index (χ3v) is 4.97. The van der Waals surface area contributed by atoms with Gasteiger partial charge in [0, 0.05) is 6.54 Å². The lowest BCUT2D eigenvalue weighted by atomic mass is 10.0. The number of aliphatic hydroxyl groups is 1. The predicted octanol–water partition coefficient (Wildman–Crippen LogP) is 4.48. The van der Waals surface area contributed by atoms with Crippen LogP contribution in [0.15, 0.2) is 85.5 Å². The minimum absolute atomic E-state index is 0.131. The molecule has 0 aliphatic rings. The Bertz CT molecular complexity index is 1000. The van der Waals surface area contributed by atoms with Gasteiger partial charge in [0.1, 0.15) is 17.9 Å². The highest BCUT2D eigenvalue weighted by Gasteiger charge is 2.13. The summed E-state index contributed by atoms with van der Waals surface area (Å²) < 4.78 is 5.52. The van der Waals surface area contributed by atoms with Crippen molar-refractivity contribution < 1.29 is 19.7 Å². The van der Waals surface area contributed by atoms with Crippen molar-refractivity contribution in [3.8, 4) is 16.9 Å². The van der Waals surface area contributed by atoms with E-state index in [0.717, 1.165) is 29.7 Å². The van der Waals surface area contributed by atoms with Gasteiger partial charge in [-0.15, -0.1) is 0 Å². The normalized spacial score (nSPS) is 11.6. The predicted molar refractivity (Wildman–Crippen MR) is 123 cm³/mol.